The summed E-state index contributed by atoms with van der Waals surface area (Å²) >= 11 is 6.07. The van der Waals surface area contributed by atoms with Crippen molar-refractivity contribution in [3.8, 4) is 0 Å². The Hall–Kier alpha value is -0.650. The molecule has 1 aliphatic rings. The van der Waals surface area contributed by atoms with Crippen LogP contribution in [0.5, 0.6) is 0 Å². The molecule has 1 fully saturated rings. The van der Waals surface area contributed by atoms with Gasteiger partial charge in [0.15, 0.2) is 0 Å². The first-order valence-corrected chi connectivity index (χ1v) is 8.42. The van der Waals surface area contributed by atoms with Crippen LogP contribution >= 0.6 is 11.6 Å². The first-order valence-electron chi connectivity index (χ1n) is 8.05. The van der Waals surface area contributed by atoms with Crippen LogP contribution in [-0.2, 0) is 11.3 Å². The maximum atomic E-state index is 10.2. The number of hydrogen-bond acceptors (Lipinski definition) is 4. The molecule has 1 aliphatic heterocycles. The van der Waals surface area contributed by atoms with Crippen LogP contribution < -0.4 is 0 Å². The first kappa shape index (κ1) is 17.7. The molecule has 4 nitrogen and oxygen atoms in total. The van der Waals surface area contributed by atoms with Gasteiger partial charge in [0, 0.05) is 24.2 Å². The number of benzene rings is 1. The lowest BCUT2D eigenvalue weighted by atomic mass is 9.99. The van der Waals surface area contributed by atoms with Gasteiger partial charge in [-0.05, 0) is 37.4 Å². The molecule has 0 amide bonds. The molecular weight excluding hydrogens is 302 g/mol. The molecule has 2 rings (SSSR count). The summed E-state index contributed by atoms with van der Waals surface area (Å²) in [4.78, 5) is 2.28. The van der Waals surface area contributed by atoms with Crippen molar-refractivity contribution >= 4 is 11.6 Å². The third-order valence-electron chi connectivity index (χ3n) is 4.18. The van der Waals surface area contributed by atoms with E-state index in [1.165, 1.54) is 6.42 Å². The summed E-state index contributed by atoms with van der Waals surface area (Å²) in [6, 6.07) is 7.96. The van der Waals surface area contributed by atoms with Crippen molar-refractivity contribution in [3.63, 3.8) is 0 Å². The molecule has 2 unspecified atom stereocenters. The molecule has 2 N–H and O–H groups in total. The third-order valence-corrected chi connectivity index (χ3v) is 4.55. The molecule has 1 aromatic rings. The van der Waals surface area contributed by atoms with Crippen molar-refractivity contribution in [3.05, 3.63) is 34.9 Å². The number of aliphatic hydroxyl groups is 2. The Balaban J connectivity index is 1.72. The normalized spacial score (nSPS) is 21.0. The van der Waals surface area contributed by atoms with Gasteiger partial charge < -0.3 is 14.9 Å². The number of aliphatic hydroxyl groups excluding tert-OH is 2. The average Bonchev–Trinajstić information content (AvgIpc) is 2.51. The maximum absolute atomic E-state index is 10.2. The van der Waals surface area contributed by atoms with E-state index in [0.29, 0.717) is 30.8 Å². The zero-order valence-electron chi connectivity index (χ0n) is 13.0. The van der Waals surface area contributed by atoms with Gasteiger partial charge in [-0.15, -0.1) is 0 Å². The van der Waals surface area contributed by atoms with Crippen LogP contribution in [0.4, 0.5) is 0 Å². The van der Waals surface area contributed by atoms with E-state index >= 15 is 0 Å². The van der Waals surface area contributed by atoms with Crippen LogP contribution in [-0.4, -0.2) is 53.6 Å². The molecule has 0 radical (unpaired) electrons. The van der Waals surface area contributed by atoms with Crippen LogP contribution in [0, 0.1) is 0 Å². The van der Waals surface area contributed by atoms with Gasteiger partial charge in [0.2, 0.25) is 0 Å². The second-order valence-electron chi connectivity index (χ2n) is 5.92. The van der Waals surface area contributed by atoms with Crippen molar-refractivity contribution in [1.82, 2.24) is 4.90 Å². The lowest BCUT2D eigenvalue weighted by Crippen LogP contribution is -2.45. The molecule has 1 saturated heterocycles. The highest BCUT2D eigenvalue weighted by molar-refractivity contribution is 6.31. The largest absolute Gasteiger partial charge is 0.396 e. The molecule has 5 heteroatoms. The van der Waals surface area contributed by atoms with E-state index in [2.05, 4.69) is 4.90 Å². The zero-order valence-corrected chi connectivity index (χ0v) is 13.7. The standard InChI is InChI=1S/C17H26ClNO3/c18-17-7-2-1-5-14(17)12-22-13-16(21)11-19-9-4-3-6-15(19)8-10-20/h1-2,5,7,15-16,20-21H,3-4,6,8-13H2. The molecule has 0 aliphatic carbocycles. The van der Waals surface area contributed by atoms with Gasteiger partial charge in [0.25, 0.3) is 0 Å². The molecule has 1 aromatic carbocycles. The molecule has 0 spiro atoms. The lowest BCUT2D eigenvalue weighted by Gasteiger charge is -2.36. The Morgan fingerprint density at radius 3 is 2.91 bits per heavy atom. The quantitative estimate of drug-likeness (QED) is 0.770. The fourth-order valence-corrected chi connectivity index (χ4v) is 3.21. The van der Waals surface area contributed by atoms with E-state index in [4.69, 9.17) is 21.4 Å². The lowest BCUT2D eigenvalue weighted by molar-refractivity contribution is -0.00603. The topological polar surface area (TPSA) is 52.9 Å². The molecule has 124 valence electrons. The van der Waals surface area contributed by atoms with Crippen LogP contribution in [0.15, 0.2) is 24.3 Å². The second kappa shape index (κ2) is 9.48. The van der Waals surface area contributed by atoms with Gasteiger partial charge in [-0.2, -0.15) is 0 Å². The van der Waals surface area contributed by atoms with Crippen LogP contribution in [0.2, 0.25) is 5.02 Å². The van der Waals surface area contributed by atoms with Crippen LogP contribution in [0.3, 0.4) is 0 Å². The van der Waals surface area contributed by atoms with Crippen molar-refractivity contribution < 1.29 is 14.9 Å². The van der Waals surface area contributed by atoms with E-state index < -0.39 is 6.10 Å². The maximum Gasteiger partial charge on any atom is 0.0900 e. The van der Waals surface area contributed by atoms with E-state index in [1.807, 2.05) is 24.3 Å². The van der Waals surface area contributed by atoms with Crippen molar-refractivity contribution in [2.45, 2.75) is 44.4 Å². The highest BCUT2D eigenvalue weighted by atomic mass is 35.5. The minimum atomic E-state index is -0.512. The van der Waals surface area contributed by atoms with Gasteiger partial charge >= 0.3 is 0 Å². The fourth-order valence-electron chi connectivity index (χ4n) is 3.02. The minimum absolute atomic E-state index is 0.209. The van der Waals surface area contributed by atoms with E-state index in [-0.39, 0.29) is 6.61 Å². The van der Waals surface area contributed by atoms with E-state index in [1.54, 1.807) is 0 Å². The minimum Gasteiger partial charge on any atom is -0.396 e. The Kier molecular flexibility index (Phi) is 7.63. The summed E-state index contributed by atoms with van der Waals surface area (Å²) in [5.41, 5.74) is 0.937. The van der Waals surface area contributed by atoms with Gasteiger partial charge in [0.05, 0.1) is 19.3 Å². The number of rotatable bonds is 8. The molecule has 22 heavy (non-hydrogen) atoms. The monoisotopic (exact) mass is 327 g/mol. The van der Waals surface area contributed by atoms with Crippen LogP contribution in [0.1, 0.15) is 31.2 Å². The first-order chi connectivity index (χ1) is 10.7. The summed E-state index contributed by atoms with van der Waals surface area (Å²) in [5, 5.41) is 20.0. The molecule has 0 bridgehead atoms. The van der Waals surface area contributed by atoms with Crippen molar-refractivity contribution in [2.75, 3.05) is 26.3 Å². The predicted molar refractivity (Wildman–Crippen MR) is 88.0 cm³/mol. The smallest absolute Gasteiger partial charge is 0.0900 e. The Morgan fingerprint density at radius 1 is 1.32 bits per heavy atom. The Bertz CT molecular complexity index is 442. The number of β-amino-alcohol motifs (C(OH)–C–C–N with tert-alkyl or cyclic N) is 1. The predicted octanol–water partition coefficient (Wildman–Crippen LogP) is 2.45. The number of ether oxygens (including phenoxy) is 1. The number of halogens is 1. The molecule has 1 heterocycles. The van der Waals surface area contributed by atoms with Crippen molar-refractivity contribution in [1.29, 1.82) is 0 Å². The fraction of sp³-hybridized carbons (Fsp3) is 0.647. The number of likely N-dealkylation sites (tertiary alicyclic amines) is 1. The summed E-state index contributed by atoms with van der Waals surface area (Å²) in [6.45, 7) is 2.52. The number of nitrogens with zero attached hydrogens (tertiary/aromatic N) is 1. The van der Waals surface area contributed by atoms with E-state index in [9.17, 15) is 5.11 Å². The Labute approximate surface area is 137 Å². The summed E-state index contributed by atoms with van der Waals surface area (Å²) in [7, 11) is 0. The van der Waals surface area contributed by atoms with E-state index in [0.717, 1.165) is 31.4 Å². The van der Waals surface area contributed by atoms with Gasteiger partial charge in [0.1, 0.15) is 0 Å². The average molecular weight is 328 g/mol. The van der Waals surface area contributed by atoms with Crippen molar-refractivity contribution in [2.24, 2.45) is 0 Å². The van der Waals surface area contributed by atoms with Gasteiger partial charge in [-0.3, -0.25) is 4.90 Å². The van der Waals surface area contributed by atoms with Gasteiger partial charge in [-0.25, -0.2) is 0 Å². The molecule has 2 atom stereocenters. The highest BCUT2D eigenvalue weighted by Gasteiger charge is 2.23. The summed E-state index contributed by atoms with van der Waals surface area (Å²) in [5.74, 6) is 0. The van der Waals surface area contributed by atoms with Gasteiger partial charge in [-0.1, -0.05) is 36.2 Å². The Morgan fingerprint density at radius 2 is 2.14 bits per heavy atom. The number of piperidine rings is 1. The third kappa shape index (κ3) is 5.52. The number of hydrogen-bond donors (Lipinski definition) is 2. The summed E-state index contributed by atoms with van der Waals surface area (Å²) in [6.07, 6.45) is 3.75. The zero-order chi connectivity index (χ0) is 15.8. The highest BCUT2D eigenvalue weighted by Crippen LogP contribution is 2.20. The molecule has 0 aromatic heterocycles. The van der Waals surface area contributed by atoms with Crippen LogP contribution in [0.25, 0.3) is 0 Å². The second-order valence-corrected chi connectivity index (χ2v) is 6.32. The SMILES string of the molecule is OCCC1CCCCN1CC(O)COCc1ccccc1Cl. The summed E-state index contributed by atoms with van der Waals surface area (Å²) < 4.78 is 5.59. The molecule has 0 saturated carbocycles. The molecular formula is C17H26ClNO3.